The van der Waals surface area contributed by atoms with E-state index >= 15 is 0 Å². The highest BCUT2D eigenvalue weighted by atomic mass is 16.5. The Morgan fingerprint density at radius 3 is 2.40 bits per heavy atom. The zero-order chi connectivity index (χ0) is 17.9. The first-order valence-corrected chi connectivity index (χ1v) is 8.10. The second-order valence-corrected chi connectivity index (χ2v) is 5.18. The Bertz CT molecular complexity index is 708. The summed E-state index contributed by atoms with van der Waals surface area (Å²) in [5.41, 5.74) is 1.84. The van der Waals surface area contributed by atoms with Crippen LogP contribution in [0, 0.1) is 0 Å². The Balaban J connectivity index is 1.77. The molecule has 0 bridgehead atoms. The van der Waals surface area contributed by atoms with E-state index in [9.17, 15) is 9.59 Å². The van der Waals surface area contributed by atoms with E-state index in [2.05, 4.69) is 17.4 Å². The SMILES string of the molecule is CCOC(=O)/C=C/C(=O)Nc1ccc(OCCc2ccccc2)cc1. The lowest BCUT2D eigenvalue weighted by molar-refractivity contribution is -0.137. The van der Waals surface area contributed by atoms with Crippen molar-refractivity contribution in [1.29, 1.82) is 0 Å². The van der Waals surface area contributed by atoms with Crippen molar-refractivity contribution in [3.05, 3.63) is 72.3 Å². The molecule has 0 radical (unpaired) electrons. The summed E-state index contributed by atoms with van der Waals surface area (Å²) < 4.78 is 10.4. The Kier molecular flexibility index (Phi) is 7.25. The monoisotopic (exact) mass is 339 g/mol. The Morgan fingerprint density at radius 2 is 1.72 bits per heavy atom. The number of anilines is 1. The van der Waals surface area contributed by atoms with E-state index in [1.165, 1.54) is 5.56 Å². The second-order valence-electron chi connectivity index (χ2n) is 5.18. The molecule has 0 fully saturated rings. The fraction of sp³-hybridized carbons (Fsp3) is 0.200. The first-order chi connectivity index (χ1) is 12.2. The average molecular weight is 339 g/mol. The summed E-state index contributed by atoms with van der Waals surface area (Å²) in [6.07, 6.45) is 3.07. The van der Waals surface area contributed by atoms with Crippen molar-refractivity contribution in [2.45, 2.75) is 13.3 Å². The molecule has 130 valence electrons. The van der Waals surface area contributed by atoms with E-state index in [-0.39, 0.29) is 6.61 Å². The third-order valence-corrected chi connectivity index (χ3v) is 3.28. The third-order valence-electron chi connectivity index (χ3n) is 3.28. The number of carbonyl (C=O) groups is 2. The number of rotatable bonds is 8. The number of amides is 1. The van der Waals surface area contributed by atoms with Crippen LogP contribution in [0.3, 0.4) is 0 Å². The van der Waals surface area contributed by atoms with Crippen LogP contribution in [0.2, 0.25) is 0 Å². The minimum Gasteiger partial charge on any atom is -0.493 e. The zero-order valence-corrected chi connectivity index (χ0v) is 14.1. The van der Waals surface area contributed by atoms with Crippen LogP contribution in [0.4, 0.5) is 5.69 Å². The van der Waals surface area contributed by atoms with Crippen LogP contribution in [0.25, 0.3) is 0 Å². The van der Waals surface area contributed by atoms with E-state index in [1.807, 2.05) is 18.2 Å². The van der Waals surface area contributed by atoms with Gasteiger partial charge in [-0.3, -0.25) is 4.79 Å². The molecule has 0 aromatic heterocycles. The van der Waals surface area contributed by atoms with Gasteiger partial charge in [0.2, 0.25) is 5.91 Å². The van der Waals surface area contributed by atoms with Gasteiger partial charge in [-0.2, -0.15) is 0 Å². The van der Waals surface area contributed by atoms with Crippen molar-refractivity contribution >= 4 is 17.6 Å². The maximum Gasteiger partial charge on any atom is 0.330 e. The van der Waals surface area contributed by atoms with E-state index < -0.39 is 11.9 Å². The molecule has 2 aromatic rings. The van der Waals surface area contributed by atoms with Crippen molar-refractivity contribution in [1.82, 2.24) is 0 Å². The summed E-state index contributed by atoms with van der Waals surface area (Å²) in [6.45, 7) is 2.56. The van der Waals surface area contributed by atoms with Gasteiger partial charge in [-0.15, -0.1) is 0 Å². The van der Waals surface area contributed by atoms with Crippen LogP contribution in [0.5, 0.6) is 5.75 Å². The number of ether oxygens (including phenoxy) is 2. The molecule has 0 saturated carbocycles. The van der Waals surface area contributed by atoms with E-state index in [0.717, 1.165) is 24.3 Å². The molecule has 2 rings (SSSR count). The molecule has 0 atom stereocenters. The smallest absolute Gasteiger partial charge is 0.330 e. The molecule has 0 aliphatic carbocycles. The number of hydrogen-bond acceptors (Lipinski definition) is 4. The largest absolute Gasteiger partial charge is 0.493 e. The van der Waals surface area contributed by atoms with Crippen LogP contribution in [0.1, 0.15) is 12.5 Å². The number of carbonyl (C=O) groups excluding carboxylic acids is 2. The van der Waals surface area contributed by atoms with Crippen molar-refractivity contribution in [3.63, 3.8) is 0 Å². The van der Waals surface area contributed by atoms with E-state index in [1.54, 1.807) is 31.2 Å². The Labute approximate surface area is 147 Å². The minimum atomic E-state index is -0.542. The highest BCUT2D eigenvalue weighted by Crippen LogP contribution is 2.16. The van der Waals surface area contributed by atoms with Crippen LogP contribution in [-0.4, -0.2) is 25.1 Å². The number of esters is 1. The predicted molar refractivity (Wildman–Crippen MR) is 96.5 cm³/mol. The molecule has 1 amide bonds. The van der Waals surface area contributed by atoms with Gasteiger partial charge < -0.3 is 14.8 Å². The summed E-state index contributed by atoms with van der Waals surface area (Å²) in [7, 11) is 0. The standard InChI is InChI=1S/C20H21NO4/c1-2-24-20(23)13-12-19(22)21-17-8-10-18(11-9-17)25-15-14-16-6-4-3-5-7-16/h3-13H,2,14-15H2,1H3,(H,21,22)/b13-12+. The van der Waals surface area contributed by atoms with Crippen LogP contribution in [0.15, 0.2) is 66.7 Å². The molecule has 2 aromatic carbocycles. The lowest BCUT2D eigenvalue weighted by atomic mass is 10.2. The van der Waals surface area contributed by atoms with Gasteiger partial charge in [-0.05, 0) is 36.8 Å². The molecule has 0 saturated heterocycles. The molecule has 0 aliphatic rings. The molecule has 0 heterocycles. The van der Waals surface area contributed by atoms with Crippen LogP contribution < -0.4 is 10.1 Å². The van der Waals surface area contributed by atoms with Gasteiger partial charge in [-0.1, -0.05) is 30.3 Å². The average Bonchev–Trinajstić information content (AvgIpc) is 2.63. The molecule has 1 N–H and O–H groups in total. The molecule has 0 unspecified atom stereocenters. The normalized spacial score (nSPS) is 10.4. The van der Waals surface area contributed by atoms with Crippen molar-refractivity contribution in [3.8, 4) is 5.75 Å². The molecular formula is C20H21NO4. The summed E-state index contributed by atoms with van der Waals surface area (Å²) in [5, 5.41) is 2.66. The lowest BCUT2D eigenvalue weighted by Gasteiger charge is -2.07. The van der Waals surface area contributed by atoms with E-state index in [4.69, 9.17) is 9.47 Å². The van der Waals surface area contributed by atoms with Gasteiger partial charge in [-0.25, -0.2) is 4.79 Å². The second kappa shape index (κ2) is 9.93. The highest BCUT2D eigenvalue weighted by Gasteiger charge is 2.01. The van der Waals surface area contributed by atoms with Crippen molar-refractivity contribution in [2.75, 3.05) is 18.5 Å². The summed E-state index contributed by atoms with van der Waals surface area (Å²) in [4.78, 5) is 22.8. The maximum absolute atomic E-state index is 11.7. The molecule has 25 heavy (non-hydrogen) atoms. The zero-order valence-electron chi connectivity index (χ0n) is 14.1. The summed E-state index contributed by atoms with van der Waals surface area (Å²) in [6, 6.07) is 17.2. The van der Waals surface area contributed by atoms with Crippen LogP contribution >= 0.6 is 0 Å². The number of nitrogens with one attached hydrogen (secondary N) is 1. The highest BCUT2D eigenvalue weighted by molar-refractivity contribution is 6.02. The first-order valence-electron chi connectivity index (χ1n) is 8.10. The van der Waals surface area contributed by atoms with Crippen molar-refractivity contribution < 1.29 is 19.1 Å². The summed E-state index contributed by atoms with van der Waals surface area (Å²) in [5.74, 6) is -0.207. The van der Waals surface area contributed by atoms with Gasteiger partial charge in [0.15, 0.2) is 0 Å². The maximum atomic E-state index is 11.7. The van der Waals surface area contributed by atoms with Gasteiger partial charge >= 0.3 is 5.97 Å². The molecule has 0 spiro atoms. The van der Waals surface area contributed by atoms with Crippen LogP contribution in [-0.2, 0) is 20.7 Å². The van der Waals surface area contributed by atoms with Gasteiger partial charge in [0.25, 0.3) is 0 Å². The molecule has 5 nitrogen and oxygen atoms in total. The molecular weight excluding hydrogens is 318 g/mol. The fourth-order valence-corrected chi connectivity index (χ4v) is 2.08. The predicted octanol–water partition coefficient (Wildman–Crippen LogP) is 3.37. The van der Waals surface area contributed by atoms with Gasteiger partial charge in [0.1, 0.15) is 5.75 Å². The summed E-state index contributed by atoms with van der Waals surface area (Å²) >= 11 is 0. The van der Waals surface area contributed by atoms with Crippen molar-refractivity contribution in [2.24, 2.45) is 0 Å². The Hall–Kier alpha value is -3.08. The lowest BCUT2D eigenvalue weighted by Crippen LogP contribution is -2.09. The minimum absolute atomic E-state index is 0.274. The topological polar surface area (TPSA) is 64.6 Å². The van der Waals surface area contributed by atoms with Gasteiger partial charge in [0, 0.05) is 24.3 Å². The number of benzene rings is 2. The van der Waals surface area contributed by atoms with E-state index in [0.29, 0.717) is 12.3 Å². The molecule has 5 heteroatoms. The molecule has 0 aliphatic heterocycles. The quantitative estimate of drug-likeness (QED) is 0.592. The third kappa shape index (κ3) is 6.91. The Morgan fingerprint density at radius 1 is 1.00 bits per heavy atom. The number of hydrogen-bond donors (Lipinski definition) is 1. The van der Waals surface area contributed by atoms with Gasteiger partial charge in [0.05, 0.1) is 13.2 Å². The first kappa shape index (κ1) is 18.3. The fourth-order valence-electron chi connectivity index (χ4n) is 2.08.